The van der Waals surface area contributed by atoms with Crippen LogP contribution in [0.1, 0.15) is 24.2 Å². The molecular weight excluding hydrogens is 498 g/mol. The van der Waals surface area contributed by atoms with Crippen LogP contribution in [0, 0.1) is 26.9 Å². The van der Waals surface area contributed by atoms with Gasteiger partial charge in [-0.1, -0.05) is 13.8 Å². The van der Waals surface area contributed by atoms with E-state index in [1.807, 2.05) is 36.4 Å². The minimum atomic E-state index is -1.29. The Labute approximate surface area is 180 Å². The Morgan fingerprint density at radius 1 is 1.21 bits per heavy atom. The highest BCUT2D eigenvalue weighted by Crippen LogP contribution is 2.33. The molecular formula is C20H21F3IN3O2. The van der Waals surface area contributed by atoms with Gasteiger partial charge in [-0.3, -0.25) is 4.79 Å². The van der Waals surface area contributed by atoms with Gasteiger partial charge in [0.1, 0.15) is 11.4 Å². The molecule has 29 heavy (non-hydrogen) atoms. The Bertz CT molecular complexity index is 949. The molecule has 0 saturated carbocycles. The van der Waals surface area contributed by atoms with Crippen LogP contribution in [0.5, 0.6) is 0 Å². The van der Waals surface area contributed by atoms with Gasteiger partial charge < -0.3 is 21.1 Å². The third-order valence-corrected chi connectivity index (χ3v) is 5.74. The van der Waals surface area contributed by atoms with Crippen LogP contribution in [0.4, 0.5) is 24.5 Å². The number of amides is 1. The third-order valence-electron chi connectivity index (χ3n) is 5.07. The minimum absolute atomic E-state index is 0.00148. The lowest BCUT2D eigenvalue weighted by atomic mass is 9.80. The predicted molar refractivity (Wildman–Crippen MR) is 112 cm³/mol. The molecule has 2 aromatic rings. The molecule has 3 rings (SSSR count). The minimum Gasteiger partial charge on any atom is -0.385 e. The average Bonchev–Trinajstić information content (AvgIpc) is 2.63. The summed E-state index contributed by atoms with van der Waals surface area (Å²) in [6.07, 6.45) is 0. The summed E-state index contributed by atoms with van der Waals surface area (Å²) in [6.45, 7) is 3.67. The summed E-state index contributed by atoms with van der Waals surface area (Å²) in [5, 5.41) is 13.1. The van der Waals surface area contributed by atoms with Gasteiger partial charge in [0.05, 0.1) is 30.0 Å². The first-order valence-electron chi connectivity index (χ1n) is 9.01. The summed E-state index contributed by atoms with van der Waals surface area (Å²) >= 11 is 1.92. The van der Waals surface area contributed by atoms with Gasteiger partial charge in [-0.2, -0.15) is 0 Å². The number of hydrogen-bond acceptors (Lipinski definition) is 4. The molecule has 4 N–H and O–H groups in total. The molecule has 1 saturated heterocycles. The number of benzene rings is 2. The molecule has 0 radical (unpaired) electrons. The monoisotopic (exact) mass is 519 g/mol. The van der Waals surface area contributed by atoms with Gasteiger partial charge in [-0.15, -0.1) is 0 Å². The summed E-state index contributed by atoms with van der Waals surface area (Å²) in [6, 6.07) is 5.63. The van der Waals surface area contributed by atoms with Crippen LogP contribution < -0.4 is 11.1 Å². The highest BCUT2D eigenvalue weighted by molar-refractivity contribution is 14.1. The zero-order valence-corrected chi connectivity index (χ0v) is 18.0. The van der Waals surface area contributed by atoms with Crippen molar-refractivity contribution in [1.82, 2.24) is 4.90 Å². The van der Waals surface area contributed by atoms with Gasteiger partial charge >= 0.3 is 0 Å². The number of hydrogen-bond donors (Lipinski definition) is 3. The highest BCUT2D eigenvalue weighted by Gasteiger charge is 2.49. The highest BCUT2D eigenvalue weighted by atomic mass is 127. The molecule has 1 fully saturated rings. The second kappa shape index (κ2) is 8.11. The van der Waals surface area contributed by atoms with Gasteiger partial charge in [0.15, 0.2) is 11.6 Å². The number of halogens is 4. The number of nitrogens with one attached hydrogen (secondary N) is 1. The normalized spacial score (nSPS) is 16.5. The molecule has 1 atom stereocenters. The largest absolute Gasteiger partial charge is 0.385 e. The Kier molecular flexibility index (Phi) is 6.11. The van der Waals surface area contributed by atoms with Crippen molar-refractivity contribution in [2.24, 2.45) is 11.7 Å². The van der Waals surface area contributed by atoms with E-state index in [0.717, 1.165) is 12.1 Å². The van der Waals surface area contributed by atoms with Gasteiger partial charge in [-0.25, -0.2) is 13.2 Å². The van der Waals surface area contributed by atoms with Crippen LogP contribution in [-0.2, 0) is 0 Å². The van der Waals surface area contributed by atoms with Gasteiger partial charge in [0.25, 0.3) is 5.91 Å². The molecule has 1 unspecified atom stereocenters. The molecule has 1 aliphatic heterocycles. The molecule has 0 aliphatic carbocycles. The molecule has 156 valence electrons. The van der Waals surface area contributed by atoms with Crippen molar-refractivity contribution in [1.29, 1.82) is 0 Å². The van der Waals surface area contributed by atoms with Crippen LogP contribution in [0.2, 0.25) is 0 Å². The summed E-state index contributed by atoms with van der Waals surface area (Å²) in [5.41, 5.74) is 4.06. The fourth-order valence-electron chi connectivity index (χ4n) is 3.34. The van der Waals surface area contributed by atoms with Gasteiger partial charge in [0.2, 0.25) is 0 Å². The van der Waals surface area contributed by atoms with Gasteiger partial charge in [-0.05, 0) is 58.8 Å². The maximum Gasteiger partial charge on any atom is 0.256 e. The number of anilines is 2. The number of β-amino-alcohol motifs (C(OH)–C–C–N with tert-alkyl or cyclic N) is 1. The van der Waals surface area contributed by atoms with E-state index in [4.69, 9.17) is 5.73 Å². The van der Waals surface area contributed by atoms with Crippen LogP contribution in [0.25, 0.3) is 0 Å². The van der Waals surface area contributed by atoms with Crippen LogP contribution in [0.3, 0.4) is 0 Å². The number of carbonyl (C=O) groups is 1. The maximum absolute atomic E-state index is 14.5. The lowest BCUT2D eigenvalue weighted by Crippen LogP contribution is -2.71. The molecule has 1 amide bonds. The molecule has 1 heterocycles. The van der Waals surface area contributed by atoms with Crippen molar-refractivity contribution in [3.8, 4) is 0 Å². The molecule has 2 aromatic carbocycles. The Morgan fingerprint density at radius 3 is 2.45 bits per heavy atom. The van der Waals surface area contributed by atoms with Crippen molar-refractivity contribution < 1.29 is 23.1 Å². The second-order valence-electron chi connectivity index (χ2n) is 7.57. The third kappa shape index (κ3) is 4.22. The smallest absolute Gasteiger partial charge is 0.256 e. The van der Waals surface area contributed by atoms with Crippen LogP contribution in [0.15, 0.2) is 30.3 Å². The van der Waals surface area contributed by atoms with Crippen molar-refractivity contribution in [3.63, 3.8) is 0 Å². The number of likely N-dealkylation sites (tertiary alicyclic amines) is 1. The van der Waals surface area contributed by atoms with Crippen molar-refractivity contribution in [2.75, 3.05) is 18.4 Å². The number of rotatable bonds is 5. The lowest BCUT2D eigenvalue weighted by Gasteiger charge is -2.50. The maximum atomic E-state index is 14.5. The zero-order chi connectivity index (χ0) is 21.5. The summed E-state index contributed by atoms with van der Waals surface area (Å²) in [5.74, 6) is -3.74. The standard InChI is InChI=1S/C20H21F3IN3O2/c1-10(2)18(25)20(29)8-27(9-20)19(28)12-4-5-13(21)16(23)17(12)26-15-6-3-11(24)7-14(15)22/h3-7,10,18,26,29H,8-9,25H2,1-2H3. The quantitative estimate of drug-likeness (QED) is 0.528. The number of carbonyl (C=O) groups excluding carboxylic acids is 1. The summed E-state index contributed by atoms with van der Waals surface area (Å²) in [7, 11) is 0. The van der Waals surface area contributed by atoms with Crippen molar-refractivity contribution in [2.45, 2.75) is 25.5 Å². The molecule has 1 aliphatic rings. The Balaban J connectivity index is 1.89. The first-order chi connectivity index (χ1) is 13.5. The van der Waals surface area contributed by atoms with E-state index in [1.165, 1.54) is 17.0 Å². The number of nitrogens with zero attached hydrogens (tertiary/aromatic N) is 1. The van der Waals surface area contributed by atoms with E-state index in [-0.39, 0.29) is 30.3 Å². The molecule has 9 heteroatoms. The number of aliphatic hydroxyl groups is 1. The topological polar surface area (TPSA) is 78.6 Å². The summed E-state index contributed by atoms with van der Waals surface area (Å²) in [4.78, 5) is 14.2. The average molecular weight is 519 g/mol. The first kappa shape index (κ1) is 21.8. The van der Waals surface area contributed by atoms with Gasteiger partial charge in [0, 0.05) is 9.61 Å². The van der Waals surface area contributed by atoms with E-state index < -0.39 is 40.7 Å². The summed E-state index contributed by atoms with van der Waals surface area (Å²) < 4.78 is 43.1. The second-order valence-corrected chi connectivity index (χ2v) is 8.81. The van der Waals surface area contributed by atoms with E-state index in [1.54, 1.807) is 6.07 Å². The van der Waals surface area contributed by atoms with E-state index in [2.05, 4.69) is 5.32 Å². The van der Waals surface area contributed by atoms with E-state index >= 15 is 0 Å². The fraction of sp³-hybridized carbons (Fsp3) is 0.350. The predicted octanol–water partition coefficient (Wildman–Crippen LogP) is 3.62. The van der Waals surface area contributed by atoms with Crippen LogP contribution >= 0.6 is 22.6 Å². The molecule has 0 spiro atoms. The first-order valence-corrected chi connectivity index (χ1v) is 10.1. The SMILES string of the molecule is CC(C)C(N)C1(O)CN(C(=O)c2ccc(F)c(F)c2Nc2ccc(I)cc2F)C1. The fourth-order valence-corrected chi connectivity index (χ4v) is 3.79. The number of nitrogens with two attached hydrogens (primary N) is 1. The van der Waals surface area contributed by atoms with Crippen molar-refractivity contribution >= 4 is 39.9 Å². The Hall–Kier alpha value is -1.85. The molecule has 5 nitrogen and oxygen atoms in total. The lowest BCUT2D eigenvalue weighted by molar-refractivity contribution is -0.105. The molecule has 0 aromatic heterocycles. The van der Waals surface area contributed by atoms with E-state index in [9.17, 15) is 23.1 Å². The zero-order valence-electron chi connectivity index (χ0n) is 15.8. The molecule has 0 bridgehead atoms. The van der Waals surface area contributed by atoms with Crippen molar-refractivity contribution in [3.05, 3.63) is 56.9 Å². The van der Waals surface area contributed by atoms with E-state index in [0.29, 0.717) is 3.57 Å². The Morgan fingerprint density at radius 2 is 1.86 bits per heavy atom. The van der Waals surface area contributed by atoms with Crippen LogP contribution in [-0.4, -0.2) is 40.6 Å².